The van der Waals surface area contributed by atoms with E-state index in [-0.39, 0.29) is 5.91 Å². The molecule has 2 aromatic rings. The second-order valence-corrected chi connectivity index (χ2v) is 5.22. The highest BCUT2D eigenvalue weighted by molar-refractivity contribution is 5.93. The smallest absolute Gasteiger partial charge is 0.298 e. The van der Waals surface area contributed by atoms with Gasteiger partial charge in [0.05, 0.1) is 11.4 Å². The van der Waals surface area contributed by atoms with Gasteiger partial charge < -0.3 is 4.90 Å². The van der Waals surface area contributed by atoms with E-state index in [2.05, 4.69) is 35.1 Å². The number of rotatable bonds is 5. The topological polar surface area (TPSA) is 38.1 Å². The Kier molecular flexibility index (Phi) is 5.37. The molecule has 0 saturated carbocycles. The molecular formula is C18H21N3O. The summed E-state index contributed by atoms with van der Waals surface area (Å²) in [7, 11) is 3.73. The molecule has 0 bridgehead atoms. The number of hydrogen-bond donors (Lipinski definition) is 0. The van der Waals surface area contributed by atoms with Crippen LogP contribution in [0.5, 0.6) is 0 Å². The fourth-order valence-corrected chi connectivity index (χ4v) is 2.33. The lowest BCUT2D eigenvalue weighted by molar-refractivity contribution is -0.123. The predicted molar refractivity (Wildman–Crippen MR) is 88.1 cm³/mol. The first-order chi connectivity index (χ1) is 10.6. The fraction of sp³-hybridized carbons (Fsp3) is 0.333. The highest BCUT2D eigenvalue weighted by atomic mass is 16.2. The van der Waals surface area contributed by atoms with Crippen molar-refractivity contribution in [2.45, 2.75) is 19.8 Å². The molecule has 0 saturated heterocycles. The molecule has 114 valence electrons. The summed E-state index contributed by atoms with van der Waals surface area (Å²) >= 11 is 0. The average molecular weight is 295 g/mol. The van der Waals surface area contributed by atoms with Gasteiger partial charge in [-0.2, -0.15) is 5.10 Å². The number of carbonyl (C=O) groups is 1. The minimum atomic E-state index is -0.131. The lowest BCUT2D eigenvalue weighted by Crippen LogP contribution is -2.26. The summed E-state index contributed by atoms with van der Waals surface area (Å²) in [4.78, 5) is 13.2. The third-order valence-electron chi connectivity index (χ3n) is 3.51. The molecule has 4 nitrogen and oxygen atoms in total. The molecule has 1 aromatic heterocycles. The van der Waals surface area contributed by atoms with Crippen LogP contribution >= 0.6 is 0 Å². The molecular weight excluding hydrogens is 274 g/mol. The van der Waals surface area contributed by atoms with Crippen LogP contribution in [-0.2, 0) is 18.3 Å². The average Bonchev–Trinajstić information content (AvgIpc) is 2.89. The molecule has 0 aliphatic carbocycles. The van der Waals surface area contributed by atoms with Crippen LogP contribution in [0.2, 0.25) is 0 Å². The van der Waals surface area contributed by atoms with Gasteiger partial charge >= 0.3 is 0 Å². The minimum absolute atomic E-state index is 0.131. The maximum absolute atomic E-state index is 11.6. The second kappa shape index (κ2) is 7.46. The maximum atomic E-state index is 11.6. The SMILES string of the molecule is CC#CC(=O)N(C)CCCc1cc(-c2ccccc2)n(C)n1. The summed E-state index contributed by atoms with van der Waals surface area (Å²) in [6, 6.07) is 12.3. The molecule has 1 heterocycles. The molecule has 0 unspecified atom stereocenters. The van der Waals surface area contributed by atoms with Gasteiger partial charge in [0, 0.05) is 20.6 Å². The molecule has 1 amide bonds. The van der Waals surface area contributed by atoms with Crippen LogP contribution in [0.3, 0.4) is 0 Å². The van der Waals surface area contributed by atoms with Gasteiger partial charge in [0.25, 0.3) is 5.91 Å². The number of nitrogens with zero attached hydrogens (tertiary/aromatic N) is 3. The summed E-state index contributed by atoms with van der Waals surface area (Å²) in [6.45, 7) is 2.36. The monoisotopic (exact) mass is 295 g/mol. The Morgan fingerprint density at radius 2 is 2.05 bits per heavy atom. The van der Waals surface area contributed by atoms with E-state index in [1.165, 1.54) is 0 Å². The van der Waals surface area contributed by atoms with Gasteiger partial charge in [-0.3, -0.25) is 9.48 Å². The molecule has 2 rings (SSSR count). The third kappa shape index (κ3) is 3.98. The van der Waals surface area contributed by atoms with Gasteiger partial charge in [0.2, 0.25) is 0 Å². The number of benzene rings is 1. The van der Waals surface area contributed by atoms with Crippen molar-refractivity contribution in [2.75, 3.05) is 13.6 Å². The van der Waals surface area contributed by atoms with Crippen molar-refractivity contribution in [1.82, 2.24) is 14.7 Å². The first-order valence-corrected chi connectivity index (χ1v) is 7.38. The van der Waals surface area contributed by atoms with Crippen molar-refractivity contribution in [2.24, 2.45) is 7.05 Å². The Morgan fingerprint density at radius 3 is 2.73 bits per heavy atom. The molecule has 0 radical (unpaired) electrons. The van der Waals surface area contributed by atoms with Crippen LogP contribution in [0.25, 0.3) is 11.3 Å². The lowest BCUT2D eigenvalue weighted by atomic mass is 10.1. The van der Waals surface area contributed by atoms with Gasteiger partial charge in [-0.15, -0.1) is 0 Å². The molecule has 0 aliphatic heterocycles. The number of amides is 1. The molecule has 1 aromatic carbocycles. The number of carbonyl (C=O) groups excluding carboxylic acids is 1. The third-order valence-corrected chi connectivity index (χ3v) is 3.51. The van der Waals surface area contributed by atoms with Crippen molar-refractivity contribution < 1.29 is 4.79 Å². The summed E-state index contributed by atoms with van der Waals surface area (Å²) in [5.74, 6) is 5.04. The minimum Gasteiger partial charge on any atom is -0.335 e. The Labute approximate surface area is 131 Å². The maximum Gasteiger partial charge on any atom is 0.298 e. The largest absolute Gasteiger partial charge is 0.335 e. The Balaban J connectivity index is 1.95. The van der Waals surface area contributed by atoms with E-state index in [0.717, 1.165) is 29.8 Å². The Hall–Kier alpha value is -2.54. The molecule has 0 aliphatic rings. The van der Waals surface area contributed by atoms with E-state index < -0.39 is 0 Å². The van der Waals surface area contributed by atoms with Crippen LogP contribution < -0.4 is 0 Å². The van der Waals surface area contributed by atoms with Crippen LogP contribution in [0, 0.1) is 11.8 Å². The molecule has 22 heavy (non-hydrogen) atoms. The van der Waals surface area contributed by atoms with Crippen molar-refractivity contribution in [3.63, 3.8) is 0 Å². The van der Waals surface area contributed by atoms with Gasteiger partial charge in [-0.05, 0) is 37.3 Å². The molecule has 0 spiro atoms. The van der Waals surface area contributed by atoms with E-state index in [4.69, 9.17) is 0 Å². The van der Waals surface area contributed by atoms with Crippen LogP contribution in [0.4, 0.5) is 0 Å². The number of aromatic nitrogens is 2. The number of aryl methyl sites for hydroxylation is 2. The zero-order valence-electron chi connectivity index (χ0n) is 13.3. The van der Waals surface area contributed by atoms with E-state index >= 15 is 0 Å². The van der Waals surface area contributed by atoms with Gasteiger partial charge in [-0.1, -0.05) is 36.3 Å². The fourth-order valence-electron chi connectivity index (χ4n) is 2.33. The molecule has 4 heteroatoms. The normalized spacial score (nSPS) is 9.95. The van der Waals surface area contributed by atoms with Crippen LogP contribution in [0.1, 0.15) is 19.0 Å². The van der Waals surface area contributed by atoms with Gasteiger partial charge in [0.15, 0.2) is 0 Å². The summed E-state index contributed by atoms with van der Waals surface area (Å²) in [5.41, 5.74) is 3.31. The Bertz CT molecular complexity index is 692. The zero-order valence-corrected chi connectivity index (χ0v) is 13.3. The van der Waals surface area contributed by atoms with Gasteiger partial charge in [0.1, 0.15) is 0 Å². The van der Waals surface area contributed by atoms with Crippen molar-refractivity contribution >= 4 is 5.91 Å². The van der Waals surface area contributed by atoms with Gasteiger partial charge in [-0.25, -0.2) is 0 Å². The van der Waals surface area contributed by atoms with E-state index in [0.29, 0.717) is 6.54 Å². The highest BCUT2D eigenvalue weighted by Gasteiger charge is 2.09. The predicted octanol–water partition coefficient (Wildman–Crippen LogP) is 2.50. The second-order valence-electron chi connectivity index (χ2n) is 5.22. The van der Waals surface area contributed by atoms with Crippen molar-refractivity contribution in [3.05, 3.63) is 42.1 Å². The van der Waals surface area contributed by atoms with Crippen molar-refractivity contribution in [3.8, 4) is 23.1 Å². The van der Waals surface area contributed by atoms with E-state index in [1.807, 2.05) is 29.9 Å². The summed E-state index contributed by atoms with van der Waals surface area (Å²) in [6.07, 6.45) is 1.72. The first-order valence-electron chi connectivity index (χ1n) is 7.38. The molecule has 0 N–H and O–H groups in total. The molecule has 0 fully saturated rings. The Morgan fingerprint density at radius 1 is 1.32 bits per heavy atom. The van der Waals surface area contributed by atoms with Crippen molar-refractivity contribution in [1.29, 1.82) is 0 Å². The summed E-state index contributed by atoms with van der Waals surface area (Å²) < 4.78 is 1.90. The highest BCUT2D eigenvalue weighted by Crippen LogP contribution is 2.19. The molecule has 0 atom stereocenters. The van der Waals surface area contributed by atoms with Crippen LogP contribution in [-0.4, -0.2) is 34.2 Å². The van der Waals surface area contributed by atoms with E-state index in [1.54, 1.807) is 18.9 Å². The van der Waals surface area contributed by atoms with E-state index in [9.17, 15) is 4.79 Å². The zero-order chi connectivity index (χ0) is 15.9. The standard InChI is InChI=1S/C18H21N3O/c1-4-9-18(22)20(2)13-8-12-16-14-17(21(3)19-16)15-10-6-5-7-11-15/h5-7,10-11,14H,8,12-13H2,1-3H3. The quantitative estimate of drug-likeness (QED) is 0.795. The summed E-state index contributed by atoms with van der Waals surface area (Å²) in [5, 5.41) is 4.55. The lowest BCUT2D eigenvalue weighted by Gasteiger charge is -2.12. The van der Waals surface area contributed by atoms with Crippen LogP contribution in [0.15, 0.2) is 36.4 Å². The number of hydrogen-bond acceptors (Lipinski definition) is 2. The first kappa shape index (κ1) is 15.8.